The molecule has 0 saturated carbocycles. The fourth-order valence-electron chi connectivity index (χ4n) is 2.95. The highest BCUT2D eigenvalue weighted by molar-refractivity contribution is 5.87. The highest BCUT2D eigenvalue weighted by atomic mass is 16.5. The van der Waals surface area contributed by atoms with Gasteiger partial charge in [-0.05, 0) is 37.0 Å². The van der Waals surface area contributed by atoms with E-state index < -0.39 is 0 Å². The Morgan fingerprint density at radius 1 is 1.25 bits per heavy atom. The molecule has 1 saturated heterocycles. The summed E-state index contributed by atoms with van der Waals surface area (Å²) in [4.78, 5) is 25.8. The molecule has 2 amide bonds. The molecule has 2 rings (SSSR count). The molecule has 24 heavy (non-hydrogen) atoms. The molecule has 1 aromatic carbocycles. The number of amides is 2. The Kier molecular flexibility index (Phi) is 6.46. The molecule has 6 nitrogen and oxygen atoms in total. The van der Waals surface area contributed by atoms with Gasteiger partial charge < -0.3 is 19.7 Å². The van der Waals surface area contributed by atoms with E-state index >= 15 is 0 Å². The minimum Gasteiger partial charge on any atom is -0.493 e. The van der Waals surface area contributed by atoms with E-state index in [1.807, 2.05) is 18.2 Å². The van der Waals surface area contributed by atoms with Gasteiger partial charge in [0.05, 0.1) is 14.2 Å². The van der Waals surface area contributed by atoms with Crippen molar-refractivity contribution in [2.75, 3.05) is 27.8 Å². The third-order valence-electron chi connectivity index (χ3n) is 4.44. The SMILES string of the molecule is COc1ccc(CCNC(=O)C2CCCCC(=O)N2C)cc1OC. The molecule has 1 heterocycles. The monoisotopic (exact) mass is 334 g/mol. The lowest BCUT2D eigenvalue weighted by molar-refractivity contribution is -0.138. The summed E-state index contributed by atoms with van der Waals surface area (Å²) < 4.78 is 10.5. The molecule has 1 atom stereocenters. The first-order valence-electron chi connectivity index (χ1n) is 8.31. The van der Waals surface area contributed by atoms with E-state index in [4.69, 9.17) is 9.47 Å². The number of hydrogen-bond acceptors (Lipinski definition) is 4. The molecule has 0 bridgehead atoms. The quantitative estimate of drug-likeness (QED) is 0.861. The second kappa shape index (κ2) is 8.57. The fourth-order valence-corrected chi connectivity index (χ4v) is 2.95. The second-order valence-corrected chi connectivity index (χ2v) is 6.00. The van der Waals surface area contributed by atoms with Crippen LogP contribution in [0.1, 0.15) is 31.2 Å². The molecular weight excluding hydrogens is 308 g/mol. The zero-order chi connectivity index (χ0) is 17.5. The van der Waals surface area contributed by atoms with Crippen LogP contribution in [0.3, 0.4) is 0 Å². The lowest BCUT2D eigenvalue weighted by Crippen LogP contribution is -2.47. The summed E-state index contributed by atoms with van der Waals surface area (Å²) in [5, 5.41) is 2.94. The second-order valence-electron chi connectivity index (χ2n) is 6.00. The number of likely N-dealkylation sites (tertiary alicyclic amines) is 1. The molecule has 1 aromatic rings. The van der Waals surface area contributed by atoms with Gasteiger partial charge in [0.2, 0.25) is 11.8 Å². The van der Waals surface area contributed by atoms with Crippen molar-refractivity contribution >= 4 is 11.8 Å². The Labute approximate surface area is 143 Å². The summed E-state index contributed by atoms with van der Waals surface area (Å²) in [6.07, 6.45) is 3.72. The van der Waals surface area contributed by atoms with E-state index in [0.717, 1.165) is 24.8 Å². The first kappa shape index (κ1) is 18.1. The molecule has 0 aliphatic carbocycles. The minimum atomic E-state index is -0.356. The van der Waals surface area contributed by atoms with Gasteiger partial charge in [0.25, 0.3) is 0 Å². The number of carbonyl (C=O) groups is 2. The molecule has 1 aliphatic heterocycles. The molecule has 0 radical (unpaired) electrons. The van der Waals surface area contributed by atoms with Crippen LogP contribution in [0.25, 0.3) is 0 Å². The summed E-state index contributed by atoms with van der Waals surface area (Å²) in [7, 11) is 4.91. The van der Waals surface area contributed by atoms with E-state index in [-0.39, 0.29) is 17.9 Å². The maximum absolute atomic E-state index is 12.4. The molecule has 1 N–H and O–H groups in total. The van der Waals surface area contributed by atoms with Crippen LogP contribution in [-0.4, -0.2) is 50.6 Å². The molecule has 0 spiro atoms. The van der Waals surface area contributed by atoms with Crippen molar-refractivity contribution in [1.82, 2.24) is 10.2 Å². The standard InChI is InChI=1S/C18H26N2O4/c1-20-14(6-4-5-7-17(20)21)18(22)19-11-10-13-8-9-15(23-2)16(12-13)24-3/h8-9,12,14H,4-7,10-11H2,1-3H3,(H,19,22). The predicted octanol–water partition coefficient (Wildman–Crippen LogP) is 1.76. The Morgan fingerprint density at radius 3 is 2.71 bits per heavy atom. The van der Waals surface area contributed by atoms with Crippen LogP contribution in [0, 0.1) is 0 Å². The Morgan fingerprint density at radius 2 is 2.00 bits per heavy atom. The number of methoxy groups -OCH3 is 2. The third-order valence-corrected chi connectivity index (χ3v) is 4.44. The van der Waals surface area contributed by atoms with Crippen LogP contribution >= 0.6 is 0 Å². The average molecular weight is 334 g/mol. The maximum atomic E-state index is 12.4. The van der Waals surface area contributed by atoms with Gasteiger partial charge in [-0.25, -0.2) is 0 Å². The molecule has 1 aliphatic rings. The van der Waals surface area contributed by atoms with E-state index in [1.165, 1.54) is 0 Å². The largest absolute Gasteiger partial charge is 0.493 e. The average Bonchev–Trinajstić information content (AvgIpc) is 2.76. The van der Waals surface area contributed by atoms with Crippen LogP contribution in [0.15, 0.2) is 18.2 Å². The highest BCUT2D eigenvalue weighted by Crippen LogP contribution is 2.27. The smallest absolute Gasteiger partial charge is 0.242 e. The van der Waals surface area contributed by atoms with Gasteiger partial charge in [0.15, 0.2) is 11.5 Å². The number of ether oxygens (including phenoxy) is 2. The molecule has 0 aromatic heterocycles. The topological polar surface area (TPSA) is 67.9 Å². The Bertz CT molecular complexity index is 588. The molecular formula is C18H26N2O4. The molecule has 1 unspecified atom stereocenters. The number of benzene rings is 1. The van der Waals surface area contributed by atoms with Gasteiger partial charge in [-0.3, -0.25) is 9.59 Å². The first-order chi connectivity index (χ1) is 11.6. The van der Waals surface area contributed by atoms with Gasteiger partial charge >= 0.3 is 0 Å². The predicted molar refractivity (Wildman–Crippen MR) is 91.3 cm³/mol. The van der Waals surface area contributed by atoms with Crippen LogP contribution in [0.2, 0.25) is 0 Å². The fraction of sp³-hybridized carbons (Fsp3) is 0.556. The van der Waals surface area contributed by atoms with Gasteiger partial charge in [0.1, 0.15) is 6.04 Å². The summed E-state index contributed by atoms with van der Waals surface area (Å²) >= 11 is 0. The number of likely N-dealkylation sites (N-methyl/N-ethyl adjacent to an activating group) is 1. The third kappa shape index (κ3) is 4.40. The van der Waals surface area contributed by atoms with Crippen molar-refractivity contribution in [1.29, 1.82) is 0 Å². The van der Waals surface area contributed by atoms with Crippen molar-refractivity contribution in [3.8, 4) is 11.5 Å². The van der Waals surface area contributed by atoms with Crippen LogP contribution < -0.4 is 14.8 Å². The van der Waals surface area contributed by atoms with Gasteiger partial charge in [-0.2, -0.15) is 0 Å². The van der Waals surface area contributed by atoms with Crippen molar-refractivity contribution in [3.05, 3.63) is 23.8 Å². The maximum Gasteiger partial charge on any atom is 0.242 e. The van der Waals surface area contributed by atoms with Crippen molar-refractivity contribution in [2.45, 2.75) is 38.1 Å². The summed E-state index contributed by atoms with van der Waals surface area (Å²) in [5.41, 5.74) is 1.05. The normalized spacial score (nSPS) is 18.0. The number of nitrogens with one attached hydrogen (secondary N) is 1. The van der Waals surface area contributed by atoms with Gasteiger partial charge in [-0.1, -0.05) is 12.5 Å². The number of rotatable bonds is 6. The Hall–Kier alpha value is -2.24. The van der Waals surface area contributed by atoms with E-state index in [9.17, 15) is 9.59 Å². The van der Waals surface area contributed by atoms with E-state index in [2.05, 4.69) is 5.32 Å². The van der Waals surface area contributed by atoms with E-state index in [1.54, 1.807) is 26.2 Å². The van der Waals surface area contributed by atoms with Crippen LogP contribution in [0.4, 0.5) is 0 Å². The van der Waals surface area contributed by atoms with E-state index in [0.29, 0.717) is 30.9 Å². The Balaban J connectivity index is 1.89. The minimum absolute atomic E-state index is 0.0486. The summed E-state index contributed by atoms with van der Waals surface area (Å²) in [6.45, 7) is 0.521. The van der Waals surface area contributed by atoms with Crippen molar-refractivity contribution < 1.29 is 19.1 Å². The number of nitrogens with zero attached hydrogens (tertiary/aromatic N) is 1. The lowest BCUT2D eigenvalue weighted by atomic mass is 10.1. The van der Waals surface area contributed by atoms with Crippen LogP contribution in [-0.2, 0) is 16.0 Å². The number of hydrogen-bond donors (Lipinski definition) is 1. The van der Waals surface area contributed by atoms with Crippen molar-refractivity contribution in [2.24, 2.45) is 0 Å². The molecule has 132 valence electrons. The van der Waals surface area contributed by atoms with Gasteiger partial charge in [0, 0.05) is 20.0 Å². The molecule has 1 fully saturated rings. The summed E-state index contributed by atoms with van der Waals surface area (Å²) in [6, 6.07) is 5.36. The zero-order valence-electron chi connectivity index (χ0n) is 14.6. The summed E-state index contributed by atoms with van der Waals surface area (Å²) in [5.74, 6) is 1.33. The number of carbonyl (C=O) groups excluding carboxylic acids is 2. The van der Waals surface area contributed by atoms with Crippen LogP contribution in [0.5, 0.6) is 11.5 Å². The first-order valence-corrected chi connectivity index (χ1v) is 8.31. The molecule has 6 heteroatoms. The zero-order valence-corrected chi connectivity index (χ0v) is 14.6. The van der Waals surface area contributed by atoms with Gasteiger partial charge in [-0.15, -0.1) is 0 Å². The van der Waals surface area contributed by atoms with Crippen molar-refractivity contribution in [3.63, 3.8) is 0 Å². The lowest BCUT2D eigenvalue weighted by Gasteiger charge is -2.25. The highest BCUT2D eigenvalue weighted by Gasteiger charge is 2.28.